The third kappa shape index (κ3) is 4.86. The molecule has 0 spiro atoms. The summed E-state index contributed by atoms with van der Waals surface area (Å²) in [6.07, 6.45) is 1.98. The Morgan fingerprint density at radius 1 is 1.22 bits per heavy atom. The molecule has 27 heavy (non-hydrogen) atoms. The van der Waals surface area contributed by atoms with Crippen molar-refractivity contribution < 1.29 is 19.4 Å². The second kappa shape index (κ2) is 8.68. The molecule has 1 atom stereocenters. The van der Waals surface area contributed by atoms with Gasteiger partial charge in [0.25, 0.3) is 0 Å². The molecule has 142 valence electrons. The molecule has 1 unspecified atom stereocenters. The van der Waals surface area contributed by atoms with Crippen molar-refractivity contribution >= 4 is 16.9 Å². The van der Waals surface area contributed by atoms with E-state index in [1.54, 1.807) is 7.11 Å². The third-order valence-electron chi connectivity index (χ3n) is 4.55. The summed E-state index contributed by atoms with van der Waals surface area (Å²) in [6, 6.07) is 13.8. The van der Waals surface area contributed by atoms with E-state index in [4.69, 9.17) is 14.6 Å². The number of aromatic nitrogens is 2. The summed E-state index contributed by atoms with van der Waals surface area (Å²) in [5, 5.41) is 14.4. The average molecular weight is 368 g/mol. The molecule has 3 aromatic rings. The zero-order valence-electron chi connectivity index (χ0n) is 15.6. The molecule has 0 aliphatic carbocycles. The van der Waals surface area contributed by atoms with E-state index in [1.165, 1.54) is 0 Å². The lowest BCUT2D eigenvalue weighted by atomic mass is 9.98. The predicted molar refractivity (Wildman–Crippen MR) is 103 cm³/mol. The van der Waals surface area contributed by atoms with Gasteiger partial charge in [0, 0.05) is 12.5 Å². The van der Waals surface area contributed by atoms with Gasteiger partial charge in [-0.2, -0.15) is 5.10 Å². The molecule has 3 rings (SSSR count). The third-order valence-corrected chi connectivity index (χ3v) is 4.55. The minimum absolute atomic E-state index is 0.0198. The first-order valence-corrected chi connectivity index (χ1v) is 8.94. The zero-order valence-corrected chi connectivity index (χ0v) is 15.6. The van der Waals surface area contributed by atoms with Crippen LogP contribution in [-0.2, 0) is 22.7 Å². The van der Waals surface area contributed by atoms with Crippen LogP contribution in [0.1, 0.15) is 30.4 Å². The molecule has 0 radical (unpaired) electrons. The number of methoxy groups -OCH3 is 1. The molecule has 2 aromatic carbocycles. The average Bonchev–Trinajstić information content (AvgIpc) is 3.06. The molecule has 0 fully saturated rings. The fraction of sp³-hybridized carbons (Fsp3) is 0.333. The summed E-state index contributed by atoms with van der Waals surface area (Å²) in [6.45, 7) is 3.72. The summed E-state index contributed by atoms with van der Waals surface area (Å²) in [5.74, 6) is -0.0467. The van der Waals surface area contributed by atoms with Crippen LogP contribution in [0.2, 0.25) is 0 Å². The topological polar surface area (TPSA) is 73.6 Å². The number of carboxylic acids is 1. The smallest absolute Gasteiger partial charge is 0.303 e. The van der Waals surface area contributed by atoms with Crippen LogP contribution in [0.3, 0.4) is 0 Å². The van der Waals surface area contributed by atoms with Crippen LogP contribution in [0.4, 0.5) is 0 Å². The van der Waals surface area contributed by atoms with Crippen molar-refractivity contribution in [2.75, 3.05) is 13.7 Å². The van der Waals surface area contributed by atoms with Crippen molar-refractivity contribution in [3.63, 3.8) is 0 Å². The fourth-order valence-electron chi connectivity index (χ4n) is 3.02. The van der Waals surface area contributed by atoms with E-state index >= 15 is 0 Å². The van der Waals surface area contributed by atoms with Crippen LogP contribution >= 0.6 is 0 Å². The normalized spacial score (nSPS) is 12.2. The molecular formula is C21H24N2O4. The van der Waals surface area contributed by atoms with E-state index in [9.17, 15) is 4.79 Å². The number of carbonyl (C=O) groups is 1. The first-order valence-electron chi connectivity index (χ1n) is 8.94. The van der Waals surface area contributed by atoms with Crippen LogP contribution in [0, 0.1) is 0 Å². The fourth-order valence-corrected chi connectivity index (χ4v) is 3.02. The second-order valence-electron chi connectivity index (χ2n) is 6.61. The largest absolute Gasteiger partial charge is 0.489 e. The molecule has 0 saturated heterocycles. The molecule has 0 aliphatic rings. The lowest BCUT2D eigenvalue weighted by Crippen LogP contribution is -2.05. The Morgan fingerprint density at radius 2 is 2.00 bits per heavy atom. The lowest BCUT2D eigenvalue weighted by Gasteiger charge is -2.11. The number of carboxylic acid groups (broad SMARTS) is 1. The maximum Gasteiger partial charge on any atom is 0.303 e. The van der Waals surface area contributed by atoms with Gasteiger partial charge in [0.15, 0.2) is 0 Å². The van der Waals surface area contributed by atoms with Gasteiger partial charge in [-0.1, -0.05) is 25.1 Å². The number of benzene rings is 2. The van der Waals surface area contributed by atoms with Gasteiger partial charge in [0.1, 0.15) is 12.4 Å². The monoisotopic (exact) mass is 368 g/mol. The van der Waals surface area contributed by atoms with Gasteiger partial charge in [0.05, 0.1) is 31.3 Å². The molecule has 1 aromatic heterocycles. The van der Waals surface area contributed by atoms with Gasteiger partial charge in [-0.3, -0.25) is 9.48 Å². The maximum absolute atomic E-state index is 10.8. The molecular weight excluding hydrogens is 344 g/mol. The van der Waals surface area contributed by atoms with Crippen molar-refractivity contribution in [3.05, 3.63) is 59.8 Å². The minimum Gasteiger partial charge on any atom is -0.489 e. The van der Waals surface area contributed by atoms with Crippen LogP contribution in [0.15, 0.2) is 48.7 Å². The van der Waals surface area contributed by atoms with Crippen LogP contribution in [0.5, 0.6) is 5.75 Å². The Hall–Kier alpha value is -2.86. The highest BCUT2D eigenvalue weighted by Gasteiger charge is 2.10. The van der Waals surface area contributed by atoms with E-state index in [2.05, 4.69) is 11.2 Å². The first-order chi connectivity index (χ1) is 13.1. The Kier molecular flexibility index (Phi) is 6.08. The van der Waals surface area contributed by atoms with Gasteiger partial charge < -0.3 is 14.6 Å². The number of ether oxygens (including phenoxy) is 2. The molecule has 1 heterocycles. The van der Waals surface area contributed by atoms with E-state index in [0.717, 1.165) is 34.3 Å². The number of nitrogens with zero attached hydrogens (tertiary/aromatic N) is 2. The highest BCUT2D eigenvalue weighted by molar-refractivity contribution is 5.79. The highest BCUT2D eigenvalue weighted by atomic mass is 16.5. The molecule has 0 amide bonds. The van der Waals surface area contributed by atoms with Gasteiger partial charge >= 0.3 is 5.97 Å². The van der Waals surface area contributed by atoms with E-state index in [0.29, 0.717) is 13.2 Å². The predicted octanol–water partition coefficient (Wildman–Crippen LogP) is 3.84. The molecule has 6 nitrogen and oxygen atoms in total. The summed E-state index contributed by atoms with van der Waals surface area (Å²) in [4.78, 5) is 10.8. The Balaban J connectivity index is 1.62. The van der Waals surface area contributed by atoms with Crippen molar-refractivity contribution in [2.45, 2.75) is 32.4 Å². The molecule has 0 bridgehead atoms. The highest BCUT2D eigenvalue weighted by Crippen LogP contribution is 2.23. The Bertz CT molecular complexity index is 902. The van der Waals surface area contributed by atoms with Crippen LogP contribution < -0.4 is 4.74 Å². The second-order valence-corrected chi connectivity index (χ2v) is 6.61. The van der Waals surface area contributed by atoms with Gasteiger partial charge in [0.2, 0.25) is 0 Å². The van der Waals surface area contributed by atoms with Crippen LogP contribution in [-0.4, -0.2) is 34.6 Å². The molecule has 0 aliphatic heterocycles. The molecule has 6 heteroatoms. The van der Waals surface area contributed by atoms with Crippen LogP contribution in [0.25, 0.3) is 10.9 Å². The van der Waals surface area contributed by atoms with E-state index in [1.807, 2.05) is 54.2 Å². The first kappa shape index (κ1) is 18.9. The van der Waals surface area contributed by atoms with Crippen molar-refractivity contribution in [1.82, 2.24) is 9.78 Å². The van der Waals surface area contributed by atoms with E-state index < -0.39 is 5.97 Å². The zero-order chi connectivity index (χ0) is 19.2. The van der Waals surface area contributed by atoms with Gasteiger partial charge in [-0.05, 0) is 41.3 Å². The van der Waals surface area contributed by atoms with Crippen molar-refractivity contribution in [2.24, 2.45) is 0 Å². The number of hydrogen-bond acceptors (Lipinski definition) is 4. The van der Waals surface area contributed by atoms with Gasteiger partial charge in [-0.15, -0.1) is 0 Å². The van der Waals surface area contributed by atoms with E-state index in [-0.39, 0.29) is 12.3 Å². The molecule has 0 saturated carbocycles. The molecule has 1 N–H and O–H groups in total. The number of aliphatic carboxylic acids is 1. The van der Waals surface area contributed by atoms with Crippen molar-refractivity contribution in [1.29, 1.82) is 0 Å². The summed E-state index contributed by atoms with van der Waals surface area (Å²) >= 11 is 0. The number of fused-ring (bicyclic) bond motifs is 1. The maximum atomic E-state index is 10.8. The number of rotatable bonds is 9. The Morgan fingerprint density at radius 3 is 2.70 bits per heavy atom. The lowest BCUT2D eigenvalue weighted by molar-refractivity contribution is -0.137. The summed E-state index contributed by atoms with van der Waals surface area (Å²) in [7, 11) is 1.68. The Labute approximate surface area is 158 Å². The van der Waals surface area contributed by atoms with Crippen molar-refractivity contribution in [3.8, 4) is 5.75 Å². The van der Waals surface area contributed by atoms with Gasteiger partial charge in [-0.25, -0.2) is 0 Å². The summed E-state index contributed by atoms with van der Waals surface area (Å²) in [5.41, 5.74) is 3.14. The quantitative estimate of drug-likeness (QED) is 0.621. The standard InChI is InChI=1S/C21H24N2O4/c1-15(11-21(24)25)17-4-6-19(7-5-17)27-14-16-3-8-20-18(12-16)13-22-23(20)9-10-26-2/h3-8,12-13,15H,9-11,14H2,1-2H3,(H,24,25). The summed E-state index contributed by atoms with van der Waals surface area (Å²) < 4.78 is 12.9. The SMILES string of the molecule is COCCn1ncc2cc(COc3ccc(C(C)CC(=O)O)cc3)ccc21. The number of hydrogen-bond donors (Lipinski definition) is 1. The minimum atomic E-state index is -0.788.